The number of carbonyl (C=O) groups excluding carboxylic acids is 6. The lowest BCUT2D eigenvalue weighted by Crippen LogP contribution is -2.63. The highest BCUT2D eigenvalue weighted by Crippen LogP contribution is 2.23. The summed E-state index contributed by atoms with van der Waals surface area (Å²) in [6.45, 7) is -2.44. The van der Waals surface area contributed by atoms with Crippen LogP contribution in [0.5, 0.6) is 0 Å². The summed E-state index contributed by atoms with van der Waals surface area (Å²) in [5, 5.41) is 73.0. The molecule has 26 heteroatoms. The Morgan fingerprint density at radius 3 is 2.32 bits per heavy atom. The number of aliphatic hydroxyl groups excluding tert-OH is 3. The molecule has 4 heterocycles. The Morgan fingerprint density at radius 1 is 0.857 bits per heavy atom. The summed E-state index contributed by atoms with van der Waals surface area (Å²) in [5.74, 6) is -4.40. The summed E-state index contributed by atoms with van der Waals surface area (Å²) in [6.07, 6.45) is -5.05. The quantitative estimate of drug-likeness (QED) is 0.0363. The number of nitrogens with one attached hydrogen (secondary N) is 8. The van der Waals surface area contributed by atoms with Crippen molar-refractivity contribution in [3.8, 4) is 0 Å². The number of nitrogens with zero attached hydrogens (tertiary/aromatic N) is 6. The van der Waals surface area contributed by atoms with Gasteiger partial charge in [0.25, 0.3) is 5.91 Å². The van der Waals surface area contributed by atoms with E-state index in [1.807, 2.05) is 30.3 Å². The molecule has 1 saturated heterocycles. The molecule has 1 fully saturated rings. The number of carbonyl (C=O) groups is 6. The number of alkyl halides is 1. The highest BCUT2D eigenvalue weighted by molar-refractivity contribution is 5.92. The van der Waals surface area contributed by atoms with Crippen LogP contribution in [0.15, 0.2) is 42.7 Å². The topological polar surface area (TPSA) is 368 Å². The number of hydrogen-bond acceptors (Lipinski definition) is 15. The van der Waals surface area contributed by atoms with Crippen LogP contribution >= 0.6 is 0 Å². The fourth-order valence-electron chi connectivity index (χ4n) is 6.75. The van der Waals surface area contributed by atoms with Crippen LogP contribution < -0.4 is 43.0 Å². The molecular weight excluding hydrogens is 833 g/mol. The zero-order valence-corrected chi connectivity index (χ0v) is 34.0. The molecular formula is C37H52FN15O10. The van der Waals surface area contributed by atoms with Crippen molar-refractivity contribution in [2.45, 2.75) is 94.0 Å². The van der Waals surface area contributed by atoms with Gasteiger partial charge in [0.1, 0.15) is 61.1 Å². The Balaban J connectivity index is 1.29. The third-order valence-corrected chi connectivity index (χ3v) is 10.1. The lowest BCUT2D eigenvalue weighted by atomic mass is 9.94. The first-order chi connectivity index (χ1) is 30.2. The van der Waals surface area contributed by atoms with Gasteiger partial charge in [-0.2, -0.15) is 0 Å². The number of aromatic nitrogens is 6. The molecule has 0 radical (unpaired) electrons. The minimum Gasteiger partial charge on any atom is -0.388 e. The van der Waals surface area contributed by atoms with Crippen molar-refractivity contribution in [3.63, 3.8) is 0 Å². The maximum absolute atomic E-state index is 14.1. The van der Waals surface area contributed by atoms with Crippen LogP contribution in [0, 0.1) is 5.41 Å². The fourth-order valence-corrected chi connectivity index (χ4v) is 6.75. The monoisotopic (exact) mass is 885 g/mol. The maximum atomic E-state index is 14.1. The molecule has 6 amide bonds. The molecule has 0 saturated carbocycles. The molecule has 2 aliphatic rings. The van der Waals surface area contributed by atoms with Crippen LogP contribution in [0.25, 0.3) is 0 Å². The van der Waals surface area contributed by atoms with Crippen LogP contribution in [0.3, 0.4) is 0 Å². The molecule has 25 nitrogen and oxygen atoms in total. The van der Waals surface area contributed by atoms with Crippen molar-refractivity contribution < 1.29 is 53.2 Å². The number of nitrogens with two attached hydrogens (primary N) is 1. The average Bonchev–Trinajstić information content (AvgIpc) is 3.94. The molecule has 0 aliphatic carbocycles. The second kappa shape index (κ2) is 23.0. The number of benzene rings is 1. The first-order valence-corrected chi connectivity index (χ1v) is 20.1. The van der Waals surface area contributed by atoms with Gasteiger partial charge in [0.2, 0.25) is 29.5 Å². The van der Waals surface area contributed by atoms with Gasteiger partial charge in [-0.1, -0.05) is 40.8 Å². The van der Waals surface area contributed by atoms with Gasteiger partial charge in [0.15, 0.2) is 12.1 Å². The summed E-state index contributed by atoms with van der Waals surface area (Å²) in [6, 6.07) is 6.10. The number of aliphatic hydroxyl groups is 3. The van der Waals surface area contributed by atoms with Gasteiger partial charge >= 0.3 is 0 Å². The van der Waals surface area contributed by atoms with Crippen LogP contribution in [-0.4, -0.2) is 156 Å². The molecule has 3 aromatic rings. The van der Waals surface area contributed by atoms with Crippen molar-refractivity contribution in [1.82, 2.24) is 67.2 Å². The Labute approximate surface area is 358 Å². The van der Waals surface area contributed by atoms with E-state index in [4.69, 9.17) is 15.9 Å². The van der Waals surface area contributed by atoms with E-state index < -0.39 is 104 Å². The van der Waals surface area contributed by atoms with Crippen molar-refractivity contribution in [2.24, 2.45) is 5.73 Å². The molecule has 5 rings (SSSR count). The van der Waals surface area contributed by atoms with E-state index >= 15 is 0 Å². The van der Waals surface area contributed by atoms with Crippen LogP contribution in [0.2, 0.25) is 0 Å². The van der Waals surface area contributed by atoms with Gasteiger partial charge in [-0.3, -0.25) is 34.2 Å². The molecule has 2 aliphatic heterocycles. The van der Waals surface area contributed by atoms with E-state index in [0.717, 1.165) is 10.2 Å². The summed E-state index contributed by atoms with van der Waals surface area (Å²) < 4.78 is 20.8. The highest BCUT2D eigenvalue weighted by atomic mass is 19.1. The normalized spacial score (nSPS) is 24.6. The lowest BCUT2D eigenvalue weighted by molar-refractivity contribution is -0.219. The van der Waals surface area contributed by atoms with Crippen molar-refractivity contribution in [3.05, 3.63) is 59.7 Å². The minimum absolute atomic E-state index is 0.0179. The van der Waals surface area contributed by atoms with Gasteiger partial charge in [-0.15, -0.1) is 10.2 Å². The van der Waals surface area contributed by atoms with Gasteiger partial charge in [-0.05, 0) is 37.7 Å². The Morgan fingerprint density at radius 2 is 1.59 bits per heavy atom. The fraction of sp³-hybridized carbons (Fsp3) is 0.541. The van der Waals surface area contributed by atoms with Crippen LogP contribution in [0.4, 0.5) is 4.39 Å². The van der Waals surface area contributed by atoms with Crippen LogP contribution in [-0.2, 0) is 53.1 Å². The number of rotatable bonds is 16. The molecule has 63 heavy (non-hydrogen) atoms. The zero-order valence-electron chi connectivity index (χ0n) is 34.0. The van der Waals surface area contributed by atoms with Crippen molar-refractivity contribution in [2.75, 3.05) is 32.7 Å². The number of ether oxygens (including phenoxy) is 1. The Bertz CT molecular complexity index is 2060. The van der Waals surface area contributed by atoms with Gasteiger partial charge in [0, 0.05) is 19.6 Å². The molecule has 2 aromatic heterocycles. The molecule has 342 valence electrons. The zero-order chi connectivity index (χ0) is 45.5. The minimum atomic E-state index is -1.86. The molecule has 0 spiro atoms. The highest BCUT2D eigenvalue weighted by Gasteiger charge is 2.46. The number of halogens is 1. The van der Waals surface area contributed by atoms with Gasteiger partial charge < -0.3 is 63.0 Å². The molecule has 8 atom stereocenters. The smallest absolute Gasteiger partial charge is 0.251 e. The van der Waals surface area contributed by atoms with E-state index in [1.54, 1.807) is 0 Å². The van der Waals surface area contributed by atoms with Crippen molar-refractivity contribution in [1.29, 1.82) is 5.41 Å². The van der Waals surface area contributed by atoms with E-state index in [9.17, 15) is 48.5 Å². The molecule has 1 aromatic carbocycles. The first-order valence-electron chi connectivity index (χ1n) is 20.1. The SMILES string of the molecule is N=C(N)NCCC[C@@H]1NC(=O)C(CCCNC(=O)C2O[C@H](CNC(=O)Cn3cc(CF)nn3)C(O)C(O)[C@@H]2O)n2cc(nn2)[C@H](Cc2ccccc2)NC(=O)CNC(=O)CNC1=O. The number of guanidine groups is 1. The average molecular weight is 886 g/mol. The van der Waals surface area contributed by atoms with Crippen molar-refractivity contribution >= 4 is 41.4 Å². The van der Waals surface area contributed by atoms with E-state index in [1.165, 1.54) is 17.1 Å². The lowest BCUT2D eigenvalue weighted by Gasteiger charge is -2.40. The predicted molar refractivity (Wildman–Crippen MR) is 214 cm³/mol. The van der Waals surface area contributed by atoms with E-state index in [2.05, 4.69) is 57.8 Å². The maximum Gasteiger partial charge on any atom is 0.251 e. The summed E-state index contributed by atoms with van der Waals surface area (Å²) in [7, 11) is 0. The molecule has 4 unspecified atom stereocenters. The molecule has 2 bridgehead atoms. The van der Waals surface area contributed by atoms with Crippen LogP contribution in [0.1, 0.15) is 54.7 Å². The second-order valence-electron chi connectivity index (χ2n) is 14.8. The third-order valence-electron chi connectivity index (χ3n) is 10.1. The van der Waals surface area contributed by atoms with E-state index in [-0.39, 0.29) is 75.6 Å². The Kier molecular flexibility index (Phi) is 17.3. The summed E-state index contributed by atoms with van der Waals surface area (Å²) in [4.78, 5) is 78.8. The molecule has 13 N–H and O–H groups in total. The first kappa shape index (κ1) is 47.4. The standard InChI is InChI=1S/C37H52FN15O10/c38-13-21-17-52(50-48-21)19-29(56)43-14-26-30(57)31(58)32(59)33(63-26)36(62)41-10-5-9-25-35(61)47-22(8-4-11-42-37(39)40)34(60)45-15-27(54)44-16-28(55)46-23(24-18-53(25)51-49-24)12-20-6-2-1-3-7-20/h1-3,6-7,17-18,22-23,25-26,30-33,57-59H,4-5,8-16,19H2,(H,41,62)(H,43,56)(H,44,54)(H,45,60)(H,46,55)(H,47,61)(H4,39,40,42)/t22-,23-,25?,26+,30?,31?,32-,33?/m0/s1. The largest absolute Gasteiger partial charge is 0.388 e. The second-order valence-corrected chi connectivity index (χ2v) is 14.8. The summed E-state index contributed by atoms with van der Waals surface area (Å²) >= 11 is 0. The number of amides is 6. The van der Waals surface area contributed by atoms with Gasteiger partial charge in [-0.25, -0.2) is 13.8 Å². The predicted octanol–water partition coefficient (Wildman–Crippen LogP) is -5.16. The summed E-state index contributed by atoms with van der Waals surface area (Å²) in [5.41, 5.74) is 6.51. The number of hydrogen-bond donors (Lipinski definition) is 12. The third kappa shape index (κ3) is 13.9. The van der Waals surface area contributed by atoms with E-state index in [0.29, 0.717) is 0 Å². The van der Waals surface area contributed by atoms with Gasteiger partial charge in [0.05, 0.1) is 31.5 Å². The number of fused-ring (bicyclic) bond motifs is 2. The Hall–Kier alpha value is -6.64.